The zero-order valence-electron chi connectivity index (χ0n) is 15.4. The second-order valence-electron chi connectivity index (χ2n) is 6.82. The molecule has 1 fully saturated rings. The fraction of sp³-hybridized carbons (Fsp3) is 0.474. The first-order valence-electron chi connectivity index (χ1n) is 8.99. The monoisotopic (exact) mass is 372 g/mol. The maximum atomic E-state index is 12.6. The SMILES string of the molecule is CCCC(C)c1nnc(NC(=O)C2CC(=O)N(c3ccccc3C)C2)s1. The third-order valence-electron chi connectivity index (χ3n) is 4.72. The third kappa shape index (κ3) is 3.93. The van der Waals surface area contributed by atoms with E-state index in [2.05, 4.69) is 29.4 Å². The molecule has 1 N–H and O–H groups in total. The molecule has 2 amide bonds. The lowest BCUT2D eigenvalue weighted by molar-refractivity contribution is -0.122. The second-order valence-corrected chi connectivity index (χ2v) is 7.83. The highest BCUT2D eigenvalue weighted by atomic mass is 32.1. The van der Waals surface area contributed by atoms with Gasteiger partial charge in [-0.25, -0.2) is 0 Å². The van der Waals surface area contributed by atoms with E-state index < -0.39 is 0 Å². The van der Waals surface area contributed by atoms with Crippen LogP contribution in [0.1, 0.15) is 49.6 Å². The van der Waals surface area contributed by atoms with Gasteiger partial charge in [0.25, 0.3) is 0 Å². The smallest absolute Gasteiger partial charge is 0.231 e. The van der Waals surface area contributed by atoms with E-state index in [1.165, 1.54) is 11.3 Å². The van der Waals surface area contributed by atoms with Crippen LogP contribution in [0, 0.1) is 12.8 Å². The quantitative estimate of drug-likeness (QED) is 0.838. The molecule has 0 bridgehead atoms. The van der Waals surface area contributed by atoms with Crippen molar-refractivity contribution in [3.8, 4) is 0 Å². The highest BCUT2D eigenvalue weighted by Crippen LogP contribution is 2.30. The summed E-state index contributed by atoms with van der Waals surface area (Å²) in [7, 11) is 0. The predicted octanol–water partition coefficient (Wildman–Crippen LogP) is 3.74. The van der Waals surface area contributed by atoms with Crippen molar-refractivity contribution in [1.82, 2.24) is 10.2 Å². The molecular weight excluding hydrogens is 348 g/mol. The number of aryl methyl sites for hydroxylation is 1. The fourth-order valence-corrected chi connectivity index (χ4v) is 4.06. The molecule has 1 aromatic carbocycles. The van der Waals surface area contributed by atoms with E-state index in [4.69, 9.17) is 0 Å². The third-order valence-corrected chi connectivity index (χ3v) is 5.79. The largest absolute Gasteiger partial charge is 0.311 e. The number of hydrogen-bond donors (Lipinski definition) is 1. The molecule has 2 aromatic rings. The van der Waals surface area contributed by atoms with Gasteiger partial charge >= 0.3 is 0 Å². The first kappa shape index (κ1) is 18.5. The zero-order valence-corrected chi connectivity index (χ0v) is 16.2. The normalized spacial score (nSPS) is 18.2. The maximum absolute atomic E-state index is 12.6. The van der Waals surface area contributed by atoms with Crippen molar-refractivity contribution in [2.45, 2.75) is 46.0 Å². The van der Waals surface area contributed by atoms with Crippen LogP contribution in [0.3, 0.4) is 0 Å². The topological polar surface area (TPSA) is 75.2 Å². The Morgan fingerprint density at radius 3 is 2.88 bits per heavy atom. The maximum Gasteiger partial charge on any atom is 0.231 e. The van der Waals surface area contributed by atoms with Gasteiger partial charge in [0.05, 0.1) is 5.92 Å². The van der Waals surface area contributed by atoms with E-state index in [0.29, 0.717) is 17.6 Å². The molecule has 7 heteroatoms. The average molecular weight is 372 g/mol. The highest BCUT2D eigenvalue weighted by Gasteiger charge is 2.36. The van der Waals surface area contributed by atoms with Gasteiger partial charge in [-0.1, -0.05) is 49.8 Å². The predicted molar refractivity (Wildman–Crippen MR) is 104 cm³/mol. The van der Waals surface area contributed by atoms with E-state index in [1.807, 2.05) is 31.2 Å². The molecular formula is C19H24N4O2S. The lowest BCUT2D eigenvalue weighted by Crippen LogP contribution is -2.28. The molecule has 0 saturated carbocycles. The number of carbonyl (C=O) groups is 2. The zero-order chi connectivity index (χ0) is 18.7. The number of rotatable bonds is 6. The van der Waals surface area contributed by atoms with Crippen LogP contribution in [0.15, 0.2) is 24.3 Å². The molecule has 6 nitrogen and oxygen atoms in total. The Morgan fingerprint density at radius 2 is 2.15 bits per heavy atom. The average Bonchev–Trinajstić information content (AvgIpc) is 3.22. The molecule has 1 aromatic heterocycles. The molecule has 0 radical (unpaired) electrons. The number of benzene rings is 1. The number of anilines is 2. The minimum Gasteiger partial charge on any atom is -0.311 e. The standard InChI is InChI=1S/C19H24N4O2S/c1-4-7-13(3)18-21-22-19(26-18)20-17(25)14-10-16(24)23(11-14)15-9-6-5-8-12(15)2/h5-6,8-9,13-14H,4,7,10-11H2,1-3H3,(H,20,22,25). The van der Waals surface area contributed by atoms with Crippen molar-refractivity contribution < 1.29 is 9.59 Å². The molecule has 3 rings (SSSR count). The van der Waals surface area contributed by atoms with Crippen LogP contribution >= 0.6 is 11.3 Å². The summed E-state index contributed by atoms with van der Waals surface area (Å²) in [4.78, 5) is 26.7. The minimum atomic E-state index is -0.373. The van der Waals surface area contributed by atoms with E-state index in [1.54, 1.807) is 4.90 Å². The summed E-state index contributed by atoms with van der Waals surface area (Å²) in [6, 6.07) is 7.73. The van der Waals surface area contributed by atoms with Crippen LogP contribution in [0.2, 0.25) is 0 Å². The molecule has 2 atom stereocenters. The molecule has 1 aliphatic rings. The number of amides is 2. The first-order chi connectivity index (χ1) is 12.5. The fourth-order valence-electron chi connectivity index (χ4n) is 3.23. The summed E-state index contributed by atoms with van der Waals surface area (Å²) in [6.07, 6.45) is 2.35. The molecule has 0 spiro atoms. The Labute approximate surface area is 157 Å². The summed E-state index contributed by atoms with van der Waals surface area (Å²) >= 11 is 1.42. The lowest BCUT2D eigenvalue weighted by Gasteiger charge is -2.18. The number of para-hydroxylation sites is 1. The van der Waals surface area contributed by atoms with Gasteiger partial charge in [-0.15, -0.1) is 10.2 Å². The Balaban J connectivity index is 1.64. The van der Waals surface area contributed by atoms with Crippen molar-refractivity contribution in [2.24, 2.45) is 5.92 Å². The van der Waals surface area contributed by atoms with Crippen LogP contribution in [0.4, 0.5) is 10.8 Å². The van der Waals surface area contributed by atoms with Gasteiger partial charge in [0, 0.05) is 24.6 Å². The first-order valence-corrected chi connectivity index (χ1v) is 9.81. The number of nitrogens with one attached hydrogen (secondary N) is 1. The summed E-state index contributed by atoms with van der Waals surface area (Å²) < 4.78 is 0. The summed E-state index contributed by atoms with van der Waals surface area (Å²) in [5, 5.41) is 12.5. The molecule has 1 saturated heterocycles. The van der Waals surface area contributed by atoms with Gasteiger partial charge in [0.15, 0.2) is 0 Å². The van der Waals surface area contributed by atoms with Crippen LogP contribution in [0.5, 0.6) is 0 Å². The van der Waals surface area contributed by atoms with Crippen molar-refractivity contribution in [3.63, 3.8) is 0 Å². The van der Waals surface area contributed by atoms with Crippen LogP contribution in [-0.4, -0.2) is 28.6 Å². The molecule has 26 heavy (non-hydrogen) atoms. The van der Waals surface area contributed by atoms with E-state index >= 15 is 0 Å². The highest BCUT2D eigenvalue weighted by molar-refractivity contribution is 7.15. The molecule has 138 valence electrons. The van der Waals surface area contributed by atoms with Crippen molar-refractivity contribution >= 4 is 34.0 Å². The number of hydrogen-bond acceptors (Lipinski definition) is 5. The molecule has 1 aliphatic heterocycles. The summed E-state index contributed by atoms with van der Waals surface area (Å²) in [5.74, 6) is -0.218. The van der Waals surface area contributed by atoms with E-state index in [9.17, 15) is 9.59 Å². The van der Waals surface area contributed by atoms with Gasteiger partial charge in [0.2, 0.25) is 16.9 Å². The second kappa shape index (κ2) is 7.95. The van der Waals surface area contributed by atoms with Gasteiger partial charge < -0.3 is 10.2 Å². The minimum absolute atomic E-state index is 0.0195. The molecule has 0 aliphatic carbocycles. The van der Waals surface area contributed by atoms with E-state index in [0.717, 1.165) is 29.1 Å². The number of aromatic nitrogens is 2. The summed E-state index contributed by atoms with van der Waals surface area (Å²) in [6.45, 7) is 6.62. The van der Waals surface area contributed by atoms with Crippen molar-refractivity contribution in [3.05, 3.63) is 34.8 Å². The van der Waals surface area contributed by atoms with Crippen LogP contribution < -0.4 is 10.2 Å². The Hall–Kier alpha value is -2.28. The van der Waals surface area contributed by atoms with Gasteiger partial charge in [-0.3, -0.25) is 9.59 Å². The van der Waals surface area contributed by atoms with E-state index in [-0.39, 0.29) is 24.2 Å². The van der Waals surface area contributed by atoms with Gasteiger partial charge in [0.1, 0.15) is 5.01 Å². The molecule has 2 heterocycles. The summed E-state index contributed by atoms with van der Waals surface area (Å²) in [5.41, 5.74) is 1.90. The number of carbonyl (C=O) groups excluding carboxylic acids is 2. The molecule has 2 unspecified atom stereocenters. The Kier molecular flexibility index (Phi) is 5.66. The Morgan fingerprint density at radius 1 is 1.38 bits per heavy atom. The van der Waals surface area contributed by atoms with Gasteiger partial charge in [-0.2, -0.15) is 0 Å². The lowest BCUT2D eigenvalue weighted by atomic mass is 10.1. The number of nitrogens with zero attached hydrogens (tertiary/aromatic N) is 3. The van der Waals surface area contributed by atoms with Gasteiger partial charge in [-0.05, 0) is 25.0 Å². The van der Waals surface area contributed by atoms with Crippen molar-refractivity contribution in [1.29, 1.82) is 0 Å². The van der Waals surface area contributed by atoms with Crippen LogP contribution in [0.25, 0.3) is 0 Å². The van der Waals surface area contributed by atoms with Crippen LogP contribution in [-0.2, 0) is 9.59 Å². The Bertz CT molecular complexity index is 804. The van der Waals surface area contributed by atoms with Crippen molar-refractivity contribution in [2.75, 3.05) is 16.8 Å².